The van der Waals surface area contributed by atoms with Crippen LogP contribution in [0.2, 0.25) is 5.02 Å². The first-order chi connectivity index (χ1) is 9.74. The van der Waals surface area contributed by atoms with Crippen molar-refractivity contribution in [3.05, 3.63) is 39.9 Å². The van der Waals surface area contributed by atoms with Gasteiger partial charge in [0.05, 0.1) is 17.3 Å². The summed E-state index contributed by atoms with van der Waals surface area (Å²) in [5.41, 5.74) is 6.99. The van der Waals surface area contributed by atoms with Gasteiger partial charge in [-0.2, -0.15) is 0 Å². The molecule has 2 aromatic heterocycles. The quantitative estimate of drug-likeness (QED) is 0.803. The predicted octanol–water partition coefficient (Wildman–Crippen LogP) is 3.65. The third-order valence-electron chi connectivity index (χ3n) is 3.66. The molecule has 1 saturated carbocycles. The summed E-state index contributed by atoms with van der Waals surface area (Å²) in [5, 5.41) is 10.1. The van der Waals surface area contributed by atoms with Crippen LogP contribution in [0.3, 0.4) is 0 Å². The Kier molecular flexibility index (Phi) is 2.72. The summed E-state index contributed by atoms with van der Waals surface area (Å²) < 4.78 is 3.11. The molecule has 1 aliphatic carbocycles. The molecule has 0 radical (unpaired) electrons. The largest absolute Gasteiger partial charge is 0.381 e. The van der Waals surface area contributed by atoms with Gasteiger partial charge in [-0.3, -0.25) is 0 Å². The Bertz CT molecular complexity index is 788. The Morgan fingerprint density at radius 1 is 1.35 bits per heavy atom. The van der Waals surface area contributed by atoms with Crippen LogP contribution in [0, 0.1) is 0 Å². The summed E-state index contributed by atoms with van der Waals surface area (Å²) in [6, 6.07) is 8.18. The first-order valence-corrected chi connectivity index (χ1v) is 7.78. The number of nitrogens with two attached hydrogens (primary N) is 1. The lowest BCUT2D eigenvalue weighted by molar-refractivity contribution is 0.625. The molecule has 1 fully saturated rings. The molecule has 20 heavy (non-hydrogen) atoms. The Labute approximate surface area is 125 Å². The van der Waals surface area contributed by atoms with Crippen LogP contribution in [0.15, 0.2) is 24.3 Å². The highest BCUT2D eigenvalue weighted by Gasteiger charge is 2.30. The van der Waals surface area contributed by atoms with Crippen LogP contribution >= 0.6 is 22.9 Å². The minimum Gasteiger partial charge on any atom is -0.381 e. The first-order valence-electron chi connectivity index (χ1n) is 6.59. The van der Waals surface area contributed by atoms with Crippen LogP contribution < -0.4 is 5.73 Å². The monoisotopic (exact) mass is 304 g/mol. The molecule has 0 bridgehead atoms. The van der Waals surface area contributed by atoms with Crippen LogP contribution in [0.1, 0.15) is 29.3 Å². The molecule has 0 aliphatic heterocycles. The Balaban J connectivity index is 1.76. The number of halogens is 1. The van der Waals surface area contributed by atoms with Gasteiger partial charge in [0, 0.05) is 20.9 Å². The highest BCUT2D eigenvalue weighted by atomic mass is 35.5. The number of hydrogen-bond donors (Lipinski definition) is 1. The van der Waals surface area contributed by atoms with Crippen molar-refractivity contribution in [3.63, 3.8) is 0 Å². The second kappa shape index (κ2) is 4.46. The van der Waals surface area contributed by atoms with Gasteiger partial charge in [0.15, 0.2) is 5.82 Å². The van der Waals surface area contributed by atoms with Gasteiger partial charge in [0.1, 0.15) is 0 Å². The average molecular weight is 305 g/mol. The third kappa shape index (κ3) is 1.89. The number of thiophene rings is 1. The number of nitrogen functional groups attached to an aromatic ring is 1. The van der Waals surface area contributed by atoms with Crippen molar-refractivity contribution in [2.45, 2.75) is 25.3 Å². The van der Waals surface area contributed by atoms with E-state index in [1.165, 1.54) is 17.5 Å². The smallest absolute Gasteiger partial charge is 0.169 e. The molecule has 4 nitrogen and oxygen atoms in total. The second-order valence-corrected chi connectivity index (χ2v) is 6.64. The standard InChI is InChI=1S/C14H13ClN4S/c15-12-9-3-1-2-4-10(9)20-11(12)7-19-13(8-5-6-8)14(16)17-18-19/h1-4,8H,5-7,16H2. The van der Waals surface area contributed by atoms with Gasteiger partial charge in [-0.25, -0.2) is 4.68 Å². The molecular formula is C14H13ClN4S. The van der Waals surface area contributed by atoms with E-state index >= 15 is 0 Å². The maximum absolute atomic E-state index is 6.48. The molecule has 0 unspecified atom stereocenters. The normalized spacial score (nSPS) is 15.1. The van der Waals surface area contributed by atoms with Gasteiger partial charge in [0.2, 0.25) is 0 Å². The molecule has 1 aliphatic rings. The maximum atomic E-state index is 6.48. The molecule has 2 heterocycles. The van der Waals surface area contributed by atoms with Gasteiger partial charge in [-0.15, -0.1) is 16.4 Å². The van der Waals surface area contributed by atoms with Crippen molar-refractivity contribution in [2.75, 3.05) is 5.73 Å². The first kappa shape index (κ1) is 12.2. The van der Waals surface area contributed by atoms with Crippen LogP contribution in [0.25, 0.3) is 10.1 Å². The number of aromatic nitrogens is 3. The van der Waals surface area contributed by atoms with Crippen molar-refractivity contribution < 1.29 is 0 Å². The van der Waals surface area contributed by atoms with Gasteiger partial charge in [-0.05, 0) is 18.9 Å². The fourth-order valence-corrected chi connectivity index (χ4v) is 4.00. The summed E-state index contributed by atoms with van der Waals surface area (Å²) in [5.74, 6) is 1.09. The molecular weight excluding hydrogens is 292 g/mol. The predicted molar refractivity (Wildman–Crippen MR) is 82.3 cm³/mol. The number of rotatable bonds is 3. The van der Waals surface area contributed by atoms with Gasteiger partial charge in [0.25, 0.3) is 0 Å². The molecule has 0 amide bonds. The van der Waals surface area contributed by atoms with Crippen LogP contribution in [0.5, 0.6) is 0 Å². The van der Waals surface area contributed by atoms with E-state index in [1.54, 1.807) is 11.3 Å². The van der Waals surface area contributed by atoms with E-state index in [9.17, 15) is 0 Å². The molecule has 2 N–H and O–H groups in total. The zero-order valence-corrected chi connectivity index (χ0v) is 12.3. The van der Waals surface area contributed by atoms with Crippen molar-refractivity contribution >= 4 is 38.8 Å². The van der Waals surface area contributed by atoms with E-state index < -0.39 is 0 Å². The minimum atomic E-state index is 0.526. The molecule has 102 valence electrons. The molecule has 0 atom stereocenters. The lowest BCUT2D eigenvalue weighted by Gasteiger charge is -2.04. The second-order valence-electron chi connectivity index (χ2n) is 5.13. The number of nitrogens with zero attached hydrogens (tertiary/aromatic N) is 3. The fourth-order valence-electron chi connectivity index (χ4n) is 2.53. The van der Waals surface area contributed by atoms with Crippen molar-refractivity contribution in [1.82, 2.24) is 15.0 Å². The molecule has 0 spiro atoms. The Morgan fingerprint density at radius 2 is 2.15 bits per heavy atom. The molecule has 4 rings (SSSR count). The summed E-state index contributed by atoms with van der Waals surface area (Å²) in [6.45, 7) is 0.647. The van der Waals surface area contributed by atoms with Crippen LogP contribution in [0.4, 0.5) is 5.82 Å². The lowest BCUT2D eigenvalue weighted by Crippen LogP contribution is -2.05. The summed E-state index contributed by atoms with van der Waals surface area (Å²) in [6.07, 6.45) is 2.36. The highest BCUT2D eigenvalue weighted by Crippen LogP contribution is 2.43. The van der Waals surface area contributed by atoms with E-state index in [0.29, 0.717) is 18.3 Å². The highest BCUT2D eigenvalue weighted by molar-refractivity contribution is 7.19. The topological polar surface area (TPSA) is 56.7 Å². The number of anilines is 1. The van der Waals surface area contributed by atoms with E-state index in [4.69, 9.17) is 17.3 Å². The van der Waals surface area contributed by atoms with E-state index in [2.05, 4.69) is 22.4 Å². The van der Waals surface area contributed by atoms with E-state index in [-0.39, 0.29) is 0 Å². The summed E-state index contributed by atoms with van der Waals surface area (Å²) >= 11 is 8.19. The van der Waals surface area contributed by atoms with Gasteiger partial charge in [-0.1, -0.05) is 35.0 Å². The van der Waals surface area contributed by atoms with Crippen LogP contribution in [-0.2, 0) is 6.54 Å². The third-order valence-corrected chi connectivity index (χ3v) is 5.36. The van der Waals surface area contributed by atoms with E-state index in [1.807, 2.05) is 16.8 Å². The Hall–Kier alpha value is -1.59. The Morgan fingerprint density at radius 3 is 2.90 bits per heavy atom. The van der Waals surface area contributed by atoms with Crippen LogP contribution in [-0.4, -0.2) is 15.0 Å². The van der Waals surface area contributed by atoms with Crippen molar-refractivity contribution in [2.24, 2.45) is 0 Å². The SMILES string of the molecule is Nc1nnn(Cc2sc3ccccc3c2Cl)c1C1CC1. The minimum absolute atomic E-state index is 0.526. The zero-order valence-electron chi connectivity index (χ0n) is 10.7. The molecule has 3 aromatic rings. The lowest BCUT2D eigenvalue weighted by atomic mass is 10.2. The summed E-state index contributed by atoms with van der Waals surface area (Å²) in [7, 11) is 0. The van der Waals surface area contributed by atoms with Crippen molar-refractivity contribution in [3.8, 4) is 0 Å². The van der Waals surface area contributed by atoms with Gasteiger partial charge >= 0.3 is 0 Å². The number of benzene rings is 1. The van der Waals surface area contributed by atoms with E-state index in [0.717, 1.165) is 21.0 Å². The fraction of sp³-hybridized carbons (Fsp3) is 0.286. The molecule has 1 aromatic carbocycles. The maximum Gasteiger partial charge on any atom is 0.169 e. The zero-order chi connectivity index (χ0) is 13.7. The molecule has 0 saturated heterocycles. The van der Waals surface area contributed by atoms with Crippen molar-refractivity contribution in [1.29, 1.82) is 0 Å². The number of hydrogen-bond acceptors (Lipinski definition) is 4. The number of fused-ring (bicyclic) bond motifs is 1. The molecule has 6 heteroatoms. The average Bonchev–Trinajstić information content (AvgIpc) is 3.15. The van der Waals surface area contributed by atoms with Gasteiger partial charge < -0.3 is 5.73 Å². The summed E-state index contributed by atoms with van der Waals surface area (Å²) in [4.78, 5) is 1.11.